The lowest BCUT2D eigenvalue weighted by atomic mass is 9.74. The van der Waals surface area contributed by atoms with Gasteiger partial charge in [-0.3, -0.25) is 9.69 Å². The van der Waals surface area contributed by atoms with E-state index in [0.717, 1.165) is 19.5 Å². The molecule has 0 radical (unpaired) electrons. The van der Waals surface area contributed by atoms with Crippen LogP contribution in [0.4, 0.5) is 0 Å². The molecule has 2 atom stereocenters. The quantitative estimate of drug-likeness (QED) is 0.674. The standard InChI is InChI=1S/C15H29NO2/c1-11(17)18-13-8-12(14(2,3)4)9-16(10-13)15(5,6)7/h12-13H,8-10H2,1-7H3/t12-,13-/m0/s1. The molecule has 1 fully saturated rings. The third-order valence-corrected chi connectivity index (χ3v) is 3.92. The van der Waals surface area contributed by atoms with Gasteiger partial charge in [-0.05, 0) is 38.5 Å². The highest BCUT2D eigenvalue weighted by atomic mass is 16.5. The third-order valence-electron chi connectivity index (χ3n) is 3.92. The van der Waals surface area contributed by atoms with Crippen LogP contribution in [0.25, 0.3) is 0 Å². The van der Waals surface area contributed by atoms with E-state index < -0.39 is 0 Å². The highest BCUT2D eigenvalue weighted by molar-refractivity contribution is 5.66. The van der Waals surface area contributed by atoms with Crippen molar-refractivity contribution in [1.29, 1.82) is 0 Å². The van der Waals surface area contributed by atoms with Crippen LogP contribution in [-0.2, 0) is 9.53 Å². The molecule has 1 aliphatic heterocycles. The van der Waals surface area contributed by atoms with Gasteiger partial charge in [0.1, 0.15) is 6.10 Å². The molecule has 0 aliphatic carbocycles. The maximum absolute atomic E-state index is 11.2. The molecule has 3 heteroatoms. The molecule has 1 heterocycles. The first kappa shape index (κ1) is 15.5. The number of nitrogens with zero attached hydrogens (tertiary/aromatic N) is 1. The SMILES string of the molecule is CC(=O)O[C@H]1C[C@H](C(C)(C)C)CN(C(C)(C)C)C1. The second-order valence-corrected chi connectivity index (χ2v) is 7.61. The number of esters is 1. The molecule has 0 aromatic carbocycles. The summed E-state index contributed by atoms with van der Waals surface area (Å²) in [5.74, 6) is 0.401. The van der Waals surface area contributed by atoms with E-state index in [9.17, 15) is 4.79 Å². The van der Waals surface area contributed by atoms with Gasteiger partial charge in [-0.15, -0.1) is 0 Å². The molecule has 18 heavy (non-hydrogen) atoms. The fourth-order valence-corrected chi connectivity index (χ4v) is 2.55. The van der Waals surface area contributed by atoms with Crippen molar-refractivity contribution in [3.05, 3.63) is 0 Å². The van der Waals surface area contributed by atoms with Crippen molar-refractivity contribution in [2.75, 3.05) is 13.1 Å². The van der Waals surface area contributed by atoms with Gasteiger partial charge in [0.05, 0.1) is 0 Å². The van der Waals surface area contributed by atoms with E-state index in [4.69, 9.17) is 4.74 Å². The van der Waals surface area contributed by atoms with Gasteiger partial charge >= 0.3 is 5.97 Å². The minimum absolute atomic E-state index is 0.0414. The second-order valence-electron chi connectivity index (χ2n) is 7.61. The first-order chi connectivity index (χ1) is 8.00. The molecule has 0 unspecified atom stereocenters. The van der Waals surface area contributed by atoms with Gasteiger partial charge in [-0.1, -0.05) is 20.8 Å². The zero-order chi connectivity index (χ0) is 14.1. The molecule has 0 amide bonds. The summed E-state index contributed by atoms with van der Waals surface area (Å²) >= 11 is 0. The van der Waals surface area contributed by atoms with Crippen LogP contribution < -0.4 is 0 Å². The number of ether oxygens (including phenoxy) is 1. The number of piperidine rings is 1. The molecule has 0 spiro atoms. The Hall–Kier alpha value is -0.570. The van der Waals surface area contributed by atoms with E-state index in [0.29, 0.717) is 5.92 Å². The van der Waals surface area contributed by atoms with E-state index in [2.05, 4.69) is 46.4 Å². The number of hydrogen-bond donors (Lipinski definition) is 0. The van der Waals surface area contributed by atoms with Gasteiger partial charge in [0.2, 0.25) is 0 Å². The third kappa shape index (κ3) is 4.27. The number of likely N-dealkylation sites (tertiary alicyclic amines) is 1. The first-order valence-corrected chi connectivity index (χ1v) is 6.92. The van der Waals surface area contributed by atoms with Crippen molar-refractivity contribution >= 4 is 5.97 Å². The summed E-state index contributed by atoms with van der Waals surface area (Å²) in [5, 5.41) is 0. The highest BCUT2D eigenvalue weighted by Crippen LogP contribution is 2.36. The molecule has 0 saturated carbocycles. The van der Waals surface area contributed by atoms with Crippen molar-refractivity contribution in [2.45, 2.75) is 66.5 Å². The highest BCUT2D eigenvalue weighted by Gasteiger charge is 2.38. The lowest BCUT2D eigenvalue weighted by Gasteiger charge is -2.47. The molecule has 0 N–H and O–H groups in total. The Morgan fingerprint density at radius 1 is 1.11 bits per heavy atom. The van der Waals surface area contributed by atoms with Crippen molar-refractivity contribution in [1.82, 2.24) is 4.90 Å². The van der Waals surface area contributed by atoms with Gasteiger partial charge in [0.25, 0.3) is 0 Å². The van der Waals surface area contributed by atoms with Crippen LogP contribution >= 0.6 is 0 Å². The van der Waals surface area contributed by atoms with Crippen LogP contribution in [0, 0.1) is 11.3 Å². The van der Waals surface area contributed by atoms with Crippen molar-refractivity contribution in [2.24, 2.45) is 11.3 Å². The number of hydrogen-bond acceptors (Lipinski definition) is 3. The summed E-state index contributed by atoms with van der Waals surface area (Å²) in [6, 6.07) is 0. The van der Waals surface area contributed by atoms with E-state index in [1.807, 2.05) is 0 Å². The van der Waals surface area contributed by atoms with E-state index in [1.165, 1.54) is 6.92 Å². The Morgan fingerprint density at radius 2 is 1.67 bits per heavy atom. The smallest absolute Gasteiger partial charge is 0.302 e. The molecule has 0 aromatic heterocycles. The first-order valence-electron chi connectivity index (χ1n) is 6.92. The number of carbonyl (C=O) groups is 1. The van der Waals surface area contributed by atoms with E-state index in [-0.39, 0.29) is 23.0 Å². The van der Waals surface area contributed by atoms with Crippen LogP contribution in [0.5, 0.6) is 0 Å². The zero-order valence-electron chi connectivity index (χ0n) is 13.0. The molecule has 1 aliphatic rings. The fraction of sp³-hybridized carbons (Fsp3) is 0.933. The molecule has 3 nitrogen and oxygen atoms in total. The Labute approximate surface area is 112 Å². The Bertz CT molecular complexity index is 277. The summed E-state index contributed by atoms with van der Waals surface area (Å²) in [5.41, 5.74) is 0.380. The number of rotatable bonds is 1. The van der Waals surface area contributed by atoms with Gasteiger partial charge in [-0.2, -0.15) is 0 Å². The molecule has 0 aromatic rings. The normalized spacial score (nSPS) is 27.1. The van der Waals surface area contributed by atoms with Gasteiger partial charge < -0.3 is 4.74 Å². The summed E-state index contributed by atoms with van der Waals surface area (Å²) in [6.07, 6.45) is 1.02. The van der Waals surface area contributed by atoms with Crippen LogP contribution in [0.2, 0.25) is 0 Å². The molecular weight excluding hydrogens is 226 g/mol. The van der Waals surface area contributed by atoms with Gasteiger partial charge in [0, 0.05) is 25.6 Å². The molecule has 0 bridgehead atoms. The maximum atomic E-state index is 11.2. The van der Waals surface area contributed by atoms with Crippen molar-refractivity contribution in [3.8, 4) is 0 Å². The van der Waals surface area contributed by atoms with E-state index in [1.54, 1.807) is 0 Å². The average Bonchev–Trinajstić information content (AvgIpc) is 2.13. The minimum atomic E-state index is -0.164. The average molecular weight is 255 g/mol. The topological polar surface area (TPSA) is 29.5 Å². The molecular formula is C15H29NO2. The van der Waals surface area contributed by atoms with Crippen LogP contribution in [-0.4, -0.2) is 35.6 Å². The zero-order valence-corrected chi connectivity index (χ0v) is 13.0. The van der Waals surface area contributed by atoms with Crippen LogP contribution in [0.15, 0.2) is 0 Å². The largest absolute Gasteiger partial charge is 0.461 e. The summed E-state index contributed by atoms with van der Waals surface area (Å²) in [7, 11) is 0. The number of carbonyl (C=O) groups excluding carboxylic acids is 1. The lowest BCUT2D eigenvalue weighted by molar-refractivity contribution is -0.153. The van der Waals surface area contributed by atoms with Crippen LogP contribution in [0.1, 0.15) is 54.9 Å². The second kappa shape index (κ2) is 5.20. The van der Waals surface area contributed by atoms with E-state index >= 15 is 0 Å². The maximum Gasteiger partial charge on any atom is 0.302 e. The summed E-state index contributed by atoms with van der Waals surface area (Å²) in [4.78, 5) is 13.6. The Balaban J connectivity index is 2.82. The molecule has 1 rings (SSSR count). The van der Waals surface area contributed by atoms with Crippen LogP contribution in [0.3, 0.4) is 0 Å². The summed E-state index contributed by atoms with van der Waals surface area (Å²) in [6.45, 7) is 16.9. The summed E-state index contributed by atoms with van der Waals surface area (Å²) < 4.78 is 5.46. The lowest BCUT2D eigenvalue weighted by Crippen LogP contribution is -2.54. The predicted molar refractivity (Wildman–Crippen MR) is 74.4 cm³/mol. The van der Waals surface area contributed by atoms with Crippen molar-refractivity contribution < 1.29 is 9.53 Å². The fourth-order valence-electron chi connectivity index (χ4n) is 2.55. The Morgan fingerprint density at radius 3 is 2.06 bits per heavy atom. The van der Waals surface area contributed by atoms with Crippen molar-refractivity contribution in [3.63, 3.8) is 0 Å². The molecule has 1 saturated heterocycles. The minimum Gasteiger partial charge on any atom is -0.461 e. The monoisotopic (exact) mass is 255 g/mol. The predicted octanol–water partition coefficient (Wildman–Crippen LogP) is 3.08. The van der Waals surface area contributed by atoms with Gasteiger partial charge in [-0.25, -0.2) is 0 Å². The molecule has 106 valence electrons. The Kier molecular flexibility index (Phi) is 4.47. The van der Waals surface area contributed by atoms with Gasteiger partial charge in [0.15, 0.2) is 0 Å².